The fourth-order valence-electron chi connectivity index (χ4n) is 3.72. The van der Waals surface area contributed by atoms with E-state index in [9.17, 15) is 23.8 Å². The Bertz CT molecular complexity index is 1300. The summed E-state index contributed by atoms with van der Waals surface area (Å²) in [6.45, 7) is 7.12. The summed E-state index contributed by atoms with van der Waals surface area (Å²) in [5.41, 5.74) is 1.37. The maximum atomic E-state index is 13.1. The van der Waals surface area contributed by atoms with Crippen molar-refractivity contribution < 1.29 is 28.6 Å². The third kappa shape index (κ3) is 8.38. The summed E-state index contributed by atoms with van der Waals surface area (Å²) in [6, 6.07) is 15.5. The number of hydrogen-bond donors (Lipinski definition) is 3. The quantitative estimate of drug-likeness (QED) is 0.179. The lowest BCUT2D eigenvalue weighted by atomic mass is 10.0. The number of ketones is 1. The lowest BCUT2D eigenvalue weighted by Gasteiger charge is -2.21. The van der Waals surface area contributed by atoms with Crippen molar-refractivity contribution in [2.24, 2.45) is 0 Å². The molecule has 2 unspecified atom stereocenters. The van der Waals surface area contributed by atoms with Crippen molar-refractivity contribution in [2.75, 3.05) is 10.6 Å². The van der Waals surface area contributed by atoms with E-state index in [-0.39, 0.29) is 17.9 Å². The molecule has 2 atom stereocenters. The third-order valence-electron chi connectivity index (χ3n) is 5.74. The van der Waals surface area contributed by atoms with Crippen molar-refractivity contribution in [1.82, 2.24) is 0 Å². The number of amides is 2. The van der Waals surface area contributed by atoms with Crippen LogP contribution in [-0.2, 0) is 9.30 Å². The van der Waals surface area contributed by atoms with Crippen LogP contribution in [0.2, 0.25) is 0 Å². The van der Waals surface area contributed by atoms with Crippen molar-refractivity contribution in [3.8, 4) is 10.4 Å². The van der Waals surface area contributed by atoms with Crippen molar-refractivity contribution >= 4 is 48.5 Å². The van der Waals surface area contributed by atoms with E-state index in [2.05, 4.69) is 10.6 Å². The summed E-state index contributed by atoms with van der Waals surface area (Å²) in [4.78, 5) is 48.4. The molecule has 0 radical (unpaired) electrons. The summed E-state index contributed by atoms with van der Waals surface area (Å²) < 4.78 is 16.7. The average Bonchev–Trinajstić information content (AvgIpc) is 3.39. The van der Waals surface area contributed by atoms with Gasteiger partial charge in [0.25, 0.3) is 5.91 Å². The summed E-state index contributed by atoms with van der Waals surface area (Å²) in [5.74, 6) is -0.560. The standard InChI is InChI=1S/C28H33N2O6PS/c1-5-21(37(34)35)13-15-24(31)18-8-10-19(11-9-18)26(32)29-23-17-20(25-7-6-16-38-25)12-14-22(23)30-27(33)36-28(2,3)4/h6-12,14,16-17,21,37H,5,13,15H2,1-4H3,(H,29,32)(H,30,33)(H,34,35). The second-order valence-corrected chi connectivity index (χ2v) is 12.2. The normalized spacial score (nSPS) is 12.9. The van der Waals surface area contributed by atoms with Gasteiger partial charge < -0.3 is 14.9 Å². The Hall–Kier alpha value is -3.26. The van der Waals surface area contributed by atoms with E-state index in [4.69, 9.17) is 4.74 Å². The summed E-state index contributed by atoms with van der Waals surface area (Å²) in [5, 5.41) is 7.51. The van der Waals surface area contributed by atoms with Crippen LogP contribution in [0.1, 0.15) is 67.7 Å². The molecule has 2 amide bonds. The first-order chi connectivity index (χ1) is 18.0. The minimum absolute atomic E-state index is 0.147. The predicted octanol–water partition coefficient (Wildman–Crippen LogP) is 7.22. The Kier molecular flexibility index (Phi) is 10.0. The number of rotatable bonds is 10. The number of hydrogen-bond acceptors (Lipinski definition) is 6. The van der Waals surface area contributed by atoms with Crippen LogP contribution in [0.4, 0.5) is 16.2 Å². The predicted molar refractivity (Wildman–Crippen MR) is 153 cm³/mol. The zero-order chi connectivity index (χ0) is 27.9. The van der Waals surface area contributed by atoms with E-state index in [0.29, 0.717) is 35.3 Å². The zero-order valence-electron chi connectivity index (χ0n) is 21.9. The summed E-state index contributed by atoms with van der Waals surface area (Å²) in [7, 11) is -2.67. The molecule has 3 aromatic rings. The Balaban J connectivity index is 1.77. The van der Waals surface area contributed by atoms with Gasteiger partial charge in [-0.05, 0) is 74.9 Å². The molecule has 202 valence electrons. The van der Waals surface area contributed by atoms with Crippen LogP contribution in [0, 0.1) is 0 Å². The zero-order valence-corrected chi connectivity index (χ0v) is 23.7. The lowest BCUT2D eigenvalue weighted by Crippen LogP contribution is -2.27. The molecule has 38 heavy (non-hydrogen) atoms. The molecule has 0 spiro atoms. The molecular formula is C28H33N2O6PS. The molecule has 3 N–H and O–H groups in total. The molecule has 8 nitrogen and oxygen atoms in total. The first-order valence-electron chi connectivity index (χ1n) is 12.3. The van der Waals surface area contributed by atoms with E-state index in [1.807, 2.05) is 30.5 Å². The molecule has 0 saturated heterocycles. The molecule has 3 rings (SSSR count). The minimum atomic E-state index is -2.67. The molecule has 1 aromatic heterocycles. The molecule has 1 heterocycles. The highest BCUT2D eigenvalue weighted by Gasteiger charge is 2.19. The molecule has 10 heteroatoms. The van der Waals surface area contributed by atoms with E-state index >= 15 is 0 Å². The lowest BCUT2D eigenvalue weighted by molar-refractivity contribution is 0.0635. The van der Waals surface area contributed by atoms with Gasteiger partial charge in [-0.2, -0.15) is 0 Å². The molecule has 0 saturated carbocycles. The smallest absolute Gasteiger partial charge is 0.412 e. The minimum Gasteiger partial charge on any atom is -0.444 e. The van der Waals surface area contributed by atoms with Gasteiger partial charge in [0, 0.05) is 28.1 Å². The molecule has 0 fully saturated rings. The van der Waals surface area contributed by atoms with Crippen molar-refractivity contribution in [1.29, 1.82) is 0 Å². The van der Waals surface area contributed by atoms with Crippen LogP contribution in [-0.4, -0.2) is 33.9 Å². The third-order valence-corrected chi connectivity index (χ3v) is 8.05. The van der Waals surface area contributed by atoms with Crippen LogP contribution in [0.15, 0.2) is 60.0 Å². The number of thiophene rings is 1. The van der Waals surface area contributed by atoms with Gasteiger partial charge in [0.15, 0.2) is 13.8 Å². The number of nitrogens with one attached hydrogen (secondary N) is 2. The van der Waals surface area contributed by atoms with Crippen LogP contribution < -0.4 is 10.6 Å². The Morgan fingerprint density at radius 3 is 2.26 bits per heavy atom. The van der Waals surface area contributed by atoms with Crippen LogP contribution >= 0.6 is 19.4 Å². The van der Waals surface area contributed by atoms with Gasteiger partial charge in [0.2, 0.25) is 0 Å². The monoisotopic (exact) mass is 556 g/mol. The highest BCUT2D eigenvalue weighted by molar-refractivity contribution is 7.38. The summed E-state index contributed by atoms with van der Waals surface area (Å²) in [6.07, 6.45) is 0.409. The number of carbonyl (C=O) groups excluding carboxylic acids is 3. The SMILES string of the molecule is CCC(CCC(=O)c1ccc(C(=O)Nc2cc(-c3cccs3)ccc2NC(=O)OC(C)(C)C)cc1)[PH](=O)O. The fourth-order valence-corrected chi connectivity index (χ4v) is 5.18. The number of ether oxygens (including phenoxy) is 1. The fraction of sp³-hybridized carbons (Fsp3) is 0.321. The van der Waals surface area contributed by atoms with Gasteiger partial charge in [-0.3, -0.25) is 19.5 Å². The van der Waals surface area contributed by atoms with E-state index in [1.165, 1.54) is 0 Å². The van der Waals surface area contributed by atoms with Crippen LogP contribution in [0.25, 0.3) is 10.4 Å². The molecule has 2 aromatic carbocycles. The van der Waals surface area contributed by atoms with Gasteiger partial charge in [0.1, 0.15) is 5.60 Å². The van der Waals surface area contributed by atoms with Crippen LogP contribution in [0.5, 0.6) is 0 Å². The average molecular weight is 557 g/mol. The number of Topliss-reactive ketones (excluding diaryl/α,β-unsaturated/α-hetero) is 1. The highest BCUT2D eigenvalue weighted by Crippen LogP contribution is 2.32. The van der Waals surface area contributed by atoms with Gasteiger partial charge >= 0.3 is 6.09 Å². The molecule has 0 bridgehead atoms. The summed E-state index contributed by atoms with van der Waals surface area (Å²) >= 11 is 1.55. The molecule has 0 aliphatic carbocycles. The van der Waals surface area contributed by atoms with Gasteiger partial charge in [0.05, 0.1) is 11.4 Å². The Morgan fingerprint density at radius 2 is 1.68 bits per heavy atom. The molecular weight excluding hydrogens is 523 g/mol. The largest absolute Gasteiger partial charge is 0.444 e. The maximum Gasteiger partial charge on any atom is 0.412 e. The van der Waals surface area contributed by atoms with Gasteiger partial charge in [-0.1, -0.05) is 31.2 Å². The second kappa shape index (κ2) is 13.0. The van der Waals surface area contributed by atoms with Gasteiger partial charge in [-0.15, -0.1) is 11.3 Å². The van der Waals surface area contributed by atoms with Gasteiger partial charge in [-0.25, -0.2) is 4.79 Å². The number of carbonyl (C=O) groups is 3. The first-order valence-corrected chi connectivity index (χ1v) is 14.6. The molecule has 0 aliphatic rings. The number of anilines is 2. The first kappa shape index (κ1) is 29.3. The highest BCUT2D eigenvalue weighted by atomic mass is 32.1. The van der Waals surface area contributed by atoms with E-state index < -0.39 is 25.6 Å². The van der Waals surface area contributed by atoms with Crippen molar-refractivity contribution in [2.45, 2.75) is 58.2 Å². The van der Waals surface area contributed by atoms with Crippen molar-refractivity contribution in [3.63, 3.8) is 0 Å². The Morgan fingerprint density at radius 1 is 1.00 bits per heavy atom. The van der Waals surface area contributed by atoms with Crippen molar-refractivity contribution in [3.05, 3.63) is 71.1 Å². The number of benzene rings is 2. The molecule has 0 aliphatic heterocycles. The maximum absolute atomic E-state index is 13.1. The van der Waals surface area contributed by atoms with E-state index in [1.54, 1.807) is 68.5 Å². The Labute approximate surface area is 227 Å². The second-order valence-electron chi connectivity index (χ2n) is 9.80. The van der Waals surface area contributed by atoms with Crippen LogP contribution in [0.3, 0.4) is 0 Å². The topological polar surface area (TPSA) is 122 Å². The van der Waals surface area contributed by atoms with E-state index in [0.717, 1.165) is 10.4 Å².